The predicted octanol–water partition coefficient (Wildman–Crippen LogP) is 1.37. The van der Waals surface area contributed by atoms with Crippen LogP contribution in [0, 0.1) is 5.92 Å². The average Bonchev–Trinajstić information content (AvgIpc) is 3.10. The van der Waals surface area contributed by atoms with Gasteiger partial charge in [0.05, 0.1) is 18.7 Å². The molecule has 1 saturated heterocycles. The van der Waals surface area contributed by atoms with Crippen molar-refractivity contribution in [2.24, 2.45) is 5.92 Å². The number of ether oxygens (including phenoxy) is 1. The molecule has 1 unspecified atom stereocenters. The summed E-state index contributed by atoms with van der Waals surface area (Å²) < 4.78 is 5.26. The normalized spacial score (nSPS) is 16.3. The highest BCUT2D eigenvalue weighted by molar-refractivity contribution is 5.99. The minimum Gasteiger partial charge on any atom is -0.495 e. The number of benzene rings is 1. The third-order valence-corrected chi connectivity index (χ3v) is 4.16. The molecule has 1 fully saturated rings. The van der Waals surface area contributed by atoms with E-state index >= 15 is 0 Å². The molecule has 7 heteroatoms. The molecule has 1 heterocycles. The van der Waals surface area contributed by atoms with Gasteiger partial charge in [0, 0.05) is 32.7 Å². The van der Waals surface area contributed by atoms with E-state index in [-0.39, 0.29) is 23.6 Å². The van der Waals surface area contributed by atoms with Gasteiger partial charge in [0.2, 0.25) is 11.8 Å². The fraction of sp³-hybridized carbons (Fsp3) is 0.389. The molecule has 2 rings (SSSR count). The molecule has 3 amide bonds. The Morgan fingerprint density at radius 2 is 2.08 bits per heavy atom. The third-order valence-electron chi connectivity index (χ3n) is 4.16. The largest absolute Gasteiger partial charge is 0.495 e. The van der Waals surface area contributed by atoms with Crippen molar-refractivity contribution >= 4 is 23.4 Å². The topological polar surface area (TPSA) is 79.0 Å². The van der Waals surface area contributed by atoms with Crippen LogP contribution in [-0.2, 0) is 9.59 Å². The van der Waals surface area contributed by atoms with E-state index in [2.05, 4.69) is 11.9 Å². The standard InChI is InChI=1S/C18H23N3O4/c1-5-16(22)21-9-8-13(11-21)17(23)19-14-10-12(18(24)20(2)3)6-7-15(14)25-4/h5-7,10,13H,1,8-9,11H2,2-4H3,(H,19,23). The lowest BCUT2D eigenvalue weighted by Gasteiger charge is -2.17. The lowest BCUT2D eigenvalue weighted by atomic mass is 10.1. The number of anilines is 1. The van der Waals surface area contributed by atoms with Gasteiger partial charge in [0.15, 0.2) is 0 Å². The van der Waals surface area contributed by atoms with Crippen LogP contribution >= 0.6 is 0 Å². The molecule has 1 aromatic rings. The number of nitrogens with one attached hydrogen (secondary N) is 1. The van der Waals surface area contributed by atoms with Crippen molar-refractivity contribution in [2.45, 2.75) is 6.42 Å². The van der Waals surface area contributed by atoms with Crippen LogP contribution in [0.2, 0.25) is 0 Å². The maximum atomic E-state index is 12.5. The molecule has 25 heavy (non-hydrogen) atoms. The summed E-state index contributed by atoms with van der Waals surface area (Å²) in [6, 6.07) is 4.89. The van der Waals surface area contributed by atoms with Crippen molar-refractivity contribution in [1.29, 1.82) is 0 Å². The number of amides is 3. The number of methoxy groups -OCH3 is 1. The Morgan fingerprint density at radius 3 is 2.68 bits per heavy atom. The Labute approximate surface area is 147 Å². The van der Waals surface area contributed by atoms with Crippen LogP contribution in [0.5, 0.6) is 5.75 Å². The molecular formula is C18H23N3O4. The number of likely N-dealkylation sites (tertiary alicyclic amines) is 1. The highest BCUT2D eigenvalue weighted by Gasteiger charge is 2.30. The van der Waals surface area contributed by atoms with Gasteiger partial charge in [-0.25, -0.2) is 0 Å². The maximum Gasteiger partial charge on any atom is 0.253 e. The fourth-order valence-electron chi connectivity index (χ4n) is 2.74. The summed E-state index contributed by atoms with van der Waals surface area (Å²) in [5.74, 6) is -0.372. The van der Waals surface area contributed by atoms with Gasteiger partial charge in [0.1, 0.15) is 5.75 Å². The smallest absolute Gasteiger partial charge is 0.253 e. The summed E-state index contributed by atoms with van der Waals surface area (Å²) in [5.41, 5.74) is 0.893. The quantitative estimate of drug-likeness (QED) is 0.818. The van der Waals surface area contributed by atoms with Crippen molar-refractivity contribution in [3.63, 3.8) is 0 Å². The fourth-order valence-corrected chi connectivity index (χ4v) is 2.74. The summed E-state index contributed by atoms with van der Waals surface area (Å²) in [7, 11) is 4.82. The van der Waals surface area contributed by atoms with Gasteiger partial charge < -0.3 is 19.9 Å². The van der Waals surface area contributed by atoms with Crippen molar-refractivity contribution in [3.8, 4) is 5.75 Å². The lowest BCUT2D eigenvalue weighted by Crippen LogP contribution is -2.30. The second-order valence-corrected chi connectivity index (χ2v) is 6.08. The van der Waals surface area contributed by atoms with Crippen molar-refractivity contribution in [2.75, 3.05) is 39.6 Å². The Morgan fingerprint density at radius 1 is 1.36 bits per heavy atom. The summed E-state index contributed by atoms with van der Waals surface area (Å²) in [4.78, 5) is 39.3. The molecule has 0 radical (unpaired) electrons. The van der Waals surface area contributed by atoms with E-state index in [0.717, 1.165) is 0 Å². The second kappa shape index (κ2) is 7.83. The Bertz CT molecular complexity index is 700. The first-order valence-corrected chi connectivity index (χ1v) is 7.99. The van der Waals surface area contributed by atoms with E-state index in [4.69, 9.17) is 4.74 Å². The number of rotatable bonds is 5. The van der Waals surface area contributed by atoms with E-state index in [1.54, 1.807) is 37.2 Å². The molecule has 1 aromatic carbocycles. The van der Waals surface area contributed by atoms with Crippen LogP contribution < -0.4 is 10.1 Å². The minimum atomic E-state index is -0.304. The predicted molar refractivity (Wildman–Crippen MR) is 94.5 cm³/mol. The van der Waals surface area contributed by atoms with Gasteiger partial charge in [0.25, 0.3) is 5.91 Å². The summed E-state index contributed by atoms with van der Waals surface area (Å²) >= 11 is 0. The maximum absolute atomic E-state index is 12.5. The van der Waals surface area contributed by atoms with Crippen LogP contribution in [0.4, 0.5) is 5.69 Å². The van der Waals surface area contributed by atoms with E-state index < -0.39 is 0 Å². The van der Waals surface area contributed by atoms with Crippen LogP contribution in [0.15, 0.2) is 30.9 Å². The number of carbonyl (C=O) groups excluding carboxylic acids is 3. The SMILES string of the molecule is C=CC(=O)N1CCC(C(=O)Nc2cc(C(=O)N(C)C)ccc2OC)C1. The lowest BCUT2D eigenvalue weighted by molar-refractivity contribution is -0.125. The van der Waals surface area contributed by atoms with E-state index in [1.165, 1.54) is 18.1 Å². The highest BCUT2D eigenvalue weighted by Crippen LogP contribution is 2.27. The van der Waals surface area contributed by atoms with Gasteiger partial charge in [-0.3, -0.25) is 14.4 Å². The van der Waals surface area contributed by atoms with Crippen LogP contribution in [0.1, 0.15) is 16.8 Å². The summed E-state index contributed by atoms with van der Waals surface area (Å²) in [6.45, 7) is 4.35. The Kier molecular flexibility index (Phi) is 5.80. The van der Waals surface area contributed by atoms with Crippen molar-refractivity contribution in [3.05, 3.63) is 36.4 Å². The van der Waals surface area contributed by atoms with Gasteiger partial charge in [-0.2, -0.15) is 0 Å². The molecule has 0 aromatic heterocycles. The average molecular weight is 345 g/mol. The first kappa shape index (κ1) is 18.5. The van der Waals surface area contributed by atoms with Gasteiger partial charge in [-0.05, 0) is 30.7 Å². The number of hydrogen-bond acceptors (Lipinski definition) is 4. The minimum absolute atomic E-state index is 0.165. The molecule has 0 bridgehead atoms. The van der Waals surface area contributed by atoms with Crippen molar-refractivity contribution < 1.29 is 19.1 Å². The first-order chi connectivity index (χ1) is 11.9. The van der Waals surface area contributed by atoms with Crippen molar-refractivity contribution in [1.82, 2.24) is 9.80 Å². The first-order valence-electron chi connectivity index (χ1n) is 7.99. The molecule has 134 valence electrons. The molecule has 1 aliphatic rings. The van der Waals surface area contributed by atoms with Crippen LogP contribution in [0.3, 0.4) is 0 Å². The summed E-state index contributed by atoms with van der Waals surface area (Å²) in [5, 5.41) is 2.82. The monoisotopic (exact) mass is 345 g/mol. The Balaban J connectivity index is 2.14. The van der Waals surface area contributed by atoms with E-state index in [9.17, 15) is 14.4 Å². The summed E-state index contributed by atoms with van der Waals surface area (Å²) in [6.07, 6.45) is 1.84. The molecular weight excluding hydrogens is 322 g/mol. The van der Waals surface area contributed by atoms with E-state index in [0.29, 0.717) is 36.5 Å². The molecule has 1 aliphatic heterocycles. The number of carbonyl (C=O) groups is 3. The number of nitrogens with zero attached hydrogens (tertiary/aromatic N) is 2. The molecule has 0 spiro atoms. The zero-order valence-electron chi connectivity index (χ0n) is 14.7. The number of hydrogen-bond donors (Lipinski definition) is 1. The zero-order valence-corrected chi connectivity index (χ0v) is 14.7. The van der Waals surface area contributed by atoms with E-state index in [1.807, 2.05) is 0 Å². The van der Waals surface area contributed by atoms with Gasteiger partial charge >= 0.3 is 0 Å². The zero-order chi connectivity index (χ0) is 18.6. The second-order valence-electron chi connectivity index (χ2n) is 6.08. The molecule has 7 nitrogen and oxygen atoms in total. The molecule has 1 N–H and O–H groups in total. The van der Waals surface area contributed by atoms with Gasteiger partial charge in [-0.1, -0.05) is 6.58 Å². The molecule has 0 aliphatic carbocycles. The molecule has 0 saturated carbocycles. The highest BCUT2D eigenvalue weighted by atomic mass is 16.5. The Hall–Kier alpha value is -2.83. The molecule has 1 atom stereocenters. The van der Waals surface area contributed by atoms with Crippen LogP contribution in [0.25, 0.3) is 0 Å². The third kappa shape index (κ3) is 4.17. The van der Waals surface area contributed by atoms with Crippen LogP contribution in [-0.4, -0.2) is 61.8 Å². The van der Waals surface area contributed by atoms with Gasteiger partial charge in [-0.15, -0.1) is 0 Å².